The first-order chi connectivity index (χ1) is 6.31. The summed E-state index contributed by atoms with van der Waals surface area (Å²) in [7, 11) is 1.81. The summed E-state index contributed by atoms with van der Waals surface area (Å²) in [5.74, 6) is 0.941. The van der Waals surface area contributed by atoms with Gasteiger partial charge in [0.25, 0.3) is 0 Å². The molecule has 13 heavy (non-hydrogen) atoms. The molecular formula is C7H9N5O. The van der Waals surface area contributed by atoms with Crippen LogP contribution < -0.4 is 5.73 Å². The van der Waals surface area contributed by atoms with E-state index >= 15 is 0 Å². The van der Waals surface area contributed by atoms with Crippen LogP contribution in [0.5, 0.6) is 0 Å². The van der Waals surface area contributed by atoms with Gasteiger partial charge in [0.05, 0.1) is 6.54 Å². The zero-order chi connectivity index (χ0) is 9.26. The summed E-state index contributed by atoms with van der Waals surface area (Å²) in [6, 6.07) is 1.81. The van der Waals surface area contributed by atoms with Gasteiger partial charge in [0, 0.05) is 13.2 Å². The highest BCUT2D eigenvalue weighted by Gasteiger charge is 2.09. The molecule has 0 bridgehead atoms. The molecule has 2 aromatic rings. The van der Waals surface area contributed by atoms with Crippen LogP contribution in [0.25, 0.3) is 11.5 Å². The van der Waals surface area contributed by atoms with Gasteiger partial charge in [0.1, 0.15) is 5.69 Å². The molecule has 2 N–H and O–H groups in total. The van der Waals surface area contributed by atoms with E-state index in [1.54, 1.807) is 10.9 Å². The van der Waals surface area contributed by atoms with Crippen molar-refractivity contribution >= 4 is 0 Å². The normalized spacial score (nSPS) is 10.6. The summed E-state index contributed by atoms with van der Waals surface area (Å²) in [5, 5.41) is 7.76. The lowest BCUT2D eigenvalue weighted by Gasteiger charge is -1.92. The van der Waals surface area contributed by atoms with E-state index in [0.29, 0.717) is 11.7 Å². The third kappa shape index (κ3) is 1.31. The van der Waals surface area contributed by atoms with Crippen LogP contribution in [0.3, 0.4) is 0 Å². The van der Waals surface area contributed by atoms with E-state index in [1.165, 1.54) is 0 Å². The number of rotatable bonds is 2. The van der Waals surface area contributed by atoms with Gasteiger partial charge >= 0.3 is 0 Å². The summed E-state index contributed by atoms with van der Waals surface area (Å²) >= 11 is 0. The first kappa shape index (κ1) is 7.93. The summed E-state index contributed by atoms with van der Waals surface area (Å²) in [6.07, 6.45) is 1.67. The molecule has 0 aliphatic rings. The Morgan fingerprint density at radius 1 is 1.62 bits per heavy atom. The molecule has 2 heterocycles. The Balaban J connectivity index is 2.41. The predicted molar refractivity (Wildman–Crippen MR) is 44.4 cm³/mol. The fraction of sp³-hybridized carbons (Fsp3) is 0.286. The van der Waals surface area contributed by atoms with Crippen molar-refractivity contribution in [1.82, 2.24) is 19.9 Å². The Kier molecular flexibility index (Phi) is 1.82. The van der Waals surface area contributed by atoms with E-state index in [1.807, 2.05) is 13.1 Å². The van der Waals surface area contributed by atoms with Gasteiger partial charge in [-0.3, -0.25) is 4.68 Å². The summed E-state index contributed by atoms with van der Waals surface area (Å²) in [4.78, 5) is 4.07. The molecule has 0 aliphatic heterocycles. The zero-order valence-corrected chi connectivity index (χ0v) is 7.14. The molecule has 0 amide bonds. The number of nitrogens with zero attached hydrogens (tertiary/aromatic N) is 4. The molecule has 6 heteroatoms. The standard InChI is InChI=1S/C7H9N5O/c1-12-5(2-3-9-12)7-10-6(4-8)13-11-7/h2-3H,4,8H2,1H3. The van der Waals surface area contributed by atoms with Gasteiger partial charge in [-0.1, -0.05) is 5.16 Å². The summed E-state index contributed by atoms with van der Waals surface area (Å²) in [5.41, 5.74) is 6.14. The van der Waals surface area contributed by atoms with Crippen LogP contribution >= 0.6 is 0 Å². The van der Waals surface area contributed by atoms with Crippen molar-refractivity contribution in [3.8, 4) is 11.5 Å². The Hall–Kier alpha value is -1.69. The highest BCUT2D eigenvalue weighted by molar-refractivity contribution is 5.47. The van der Waals surface area contributed by atoms with E-state index in [2.05, 4.69) is 15.2 Å². The van der Waals surface area contributed by atoms with Crippen molar-refractivity contribution in [3.63, 3.8) is 0 Å². The lowest BCUT2D eigenvalue weighted by Crippen LogP contribution is -1.97. The minimum absolute atomic E-state index is 0.255. The molecule has 0 aliphatic carbocycles. The highest BCUT2D eigenvalue weighted by Crippen LogP contribution is 2.13. The maximum atomic E-state index is 5.34. The minimum atomic E-state index is 0.255. The first-order valence-corrected chi connectivity index (χ1v) is 3.82. The second-order valence-corrected chi connectivity index (χ2v) is 2.56. The Labute approximate surface area is 74.4 Å². The average molecular weight is 179 g/mol. The monoisotopic (exact) mass is 179 g/mol. The van der Waals surface area contributed by atoms with E-state index in [-0.39, 0.29) is 6.54 Å². The number of aromatic nitrogens is 4. The average Bonchev–Trinajstić information content (AvgIpc) is 2.71. The van der Waals surface area contributed by atoms with E-state index < -0.39 is 0 Å². The van der Waals surface area contributed by atoms with Gasteiger partial charge in [-0.15, -0.1) is 0 Å². The molecule has 68 valence electrons. The topological polar surface area (TPSA) is 82.8 Å². The van der Waals surface area contributed by atoms with Gasteiger partial charge in [-0.05, 0) is 6.07 Å². The van der Waals surface area contributed by atoms with Crippen molar-refractivity contribution in [2.75, 3.05) is 0 Å². The van der Waals surface area contributed by atoms with Gasteiger partial charge < -0.3 is 10.3 Å². The molecule has 0 spiro atoms. The highest BCUT2D eigenvalue weighted by atomic mass is 16.5. The smallest absolute Gasteiger partial charge is 0.240 e. The Bertz CT molecular complexity index is 404. The Morgan fingerprint density at radius 2 is 2.46 bits per heavy atom. The quantitative estimate of drug-likeness (QED) is 0.697. The fourth-order valence-electron chi connectivity index (χ4n) is 1.04. The SMILES string of the molecule is Cn1nccc1-c1noc(CN)n1. The number of hydrogen-bond donors (Lipinski definition) is 1. The van der Waals surface area contributed by atoms with Crippen molar-refractivity contribution in [2.45, 2.75) is 6.54 Å². The Morgan fingerprint density at radius 3 is 3.00 bits per heavy atom. The molecule has 0 fully saturated rings. The van der Waals surface area contributed by atoms with E-state index in [0.717, 1.165) is 5.69 Å². The zero-order valence-electron chi connectivity index (χ0n) is 7.14. The van der Waals surface area contributed by atoms with Gasteiger partial charge in [-0.2, -0.15) is 10.1 Å². The lowest BCUT2D eigenvalue weighted by atomic mass is 10.4. The molecule has 0 radical (unpaired) electrons. The fourth-order valence-corrected chi connectivity index (χ4v) is 1.04. The molecule has 2 aromatic heterocycles. The van der Waals surface area contributed by atoms with Crippen molar-refractivity contribution in [2.24, 2.45) is 12.8 Å². The molecule has 0 aromatic carbocycles. The maximum Gasteiger partial charge on any atom is 0.240 e. The number of aryl methyl sites for hydroxylation is 1. The van der Waals surface area contributed by atoms with Gasteiger partial charge in [-0.25, -0.2) is 0 Å². The second kappa shape index (κ2) is 2.98. The first-order valence-electron chi connectivity index (χ1n) is 3.82. The summed E-state index contributed by atoms with van der Waals surface area (Å²) < 4.78 is 6.54. The molecule has 0 atom stereocenters. The van der Waals surface area contributed by atoms with Gasteiger partial charge in [0.15, 0.2) is 0 Å². The molecule has 0 unspecified atom stereocenters. The van der Waals surface area contributed by atoms with E-state index in [9.17, 15) is 0 Å². The van der Waals surface area contributed by atoms with Crippen LogP contribution in [-0.4, -0.2) is 19.9 Å². The second-order valence-electron chi connectivity index (χ2n) is 2.56. The number of nitrogens with two attached hydrogens (primary N) is 1. The summed E-state index contributed by atoms with van der Waals surface area (Å²) in [6.45, 7) is 0.255. The molecule has 0 saturated carbocycles. The molecule has 2 rings (SSSR count). The van der Waals surface area contributed by atoms with Crippen LogP contribution in [0.15, 0.2) is 16.8 Å². The van der Waals surface area contributed by atoms with E-state index in [4.69, 9.17) is 10.3 Å². The third-order valence-electron chi connectivity index (χ3n) is 1.69. The van der Waals surface area contributed by atoms with Crippen LogP contribution in [0.4, 0.5) is 0 Å². The third-order valence-corrected chi connectivity index (χ3v) is 1.69. The largest absolute Gasteiger partial charge is 0.338 e. The van der Waals surface area contributed by atoms with Crippen LogP contribution in [0.1, 0.15) is 5.89 Å². The number of hydrogen-bond acceptors (Lipinski definition) is 5. The van der Waals surface area contributed by atoms with Crippen LogP contribution in [0.2, 0.25) is 0 Å². The van der Waals surface area contributed by atoms with Crippen molar-refractivity contribution < 1.29 is 4.52 Å². The van der Waals surface area contributed by atoms with Crippen molar-refractivity contribution in [1.29, 1.82) is 0 Å². The lowest BCUT2D eigenvalue weighted by molar-refractivity contribution is 0.380. The minimum Gasteiger partial charge on any atom is -0.338 e. The molecule has 0 saturated heterocycles. The van der Waals surface area contributed by atoms with Crippen molar-refractivity contribution in [3.05, 3.63) is 18.2 Å². The molecule has 6 nitrogen and oxygen atoms in total. The van der Waals surface area contributed by atoms with Crippen LogP contribution in [-0.2, 0) is 13.6 Å². The predicted octanol–water partition coefficient (Wildman–Crippen LogP) is -0.0712. The maximum absolute atomic E-state index is 5.34. The van der Waals surface area contributed by atoms with Gasteiger partial charge in [0.2, 0.25) is 11.7 Å². The molecular weight excluding hydrogens is 170 g/mol. The van der Waals surface area contributed by atoms with Crippen LogP contribution in [0, 0.1) is 0 Å².